The predicted octanol–water partition coefficient (Wildman–Crippen LogP) is 1.58. The lowest BCUT2D eigenvalue weighted by molar-refractivity contribution is -0.137. The molecule has 2 aromatic rings. The van der Waals surface area contributed by atoms with Crippen LogP contribution in [0.1, 0.15) is 25.0 Å². The molecule has 0 saturated carbocycles. The fourth-order valence-corrected chi connectivity index (χ4v) is 3.20. The number of aromatic amines is 2. The van der Waals surface area contributed by atoms with Crippen LogP contribution >= 0.6 is 7.60 Å². The zero-order chi connectivity index (χ0) is 19.9. The second-order valence-electron chi connectivity index (χ2n) is 5.75. The smallest absolute Gasteiger partial charge is 0.323 e. The first-order valence-corrected chi connectivity index (χ1v) is 9.18. The van der Waals surface area contributed by atoms with E-state index in [1.807, 2.05) is 0 Å². The van der Waals surface area contributed by atoms with E-state index in [2.05, 4.69) is 9.97 Å². The average Bonchev–Trinajstić information content (AvgIpc) is 2.51. The highest BCUT2D eigenvalue weighted by Gasteiger charge is 2.33. The molecular weight excluding hydrogens is 378 g/mol. The number of halogens is 3. The van der Waals surface area contributed by atoms with Crippen LogP contribution < -0.4 is 11.1 Å². The minimum atomic E-state index is -4.71. The van der Waals surface area contributed by atoms with Crippen LogP contribution in [0, 0.1) is 0 Å². The number of hydrogen-bond donors (Lipinski definition) is 4. The standard InChI is InChI=1S/C14H17F3N3O5P/c1-3-20(7(2)26(23,24)25)6-8-4-9(14(15,16)17)5-10-11(8)19-13(22)12(21)18-10/h4-5,7H,3,6H2,1-2H3,(H,18,21)(H,19,22)(H2,23,24,25)/t7-/m0/s1. The molecule has 0 saturated heterocycles. The van der Waals surface area contributed by atoms with E-state index in [-0.39, 0.29) is 29.7 Å². The maximum Gasteiger partial charge on any atom is 0.416 e. The third kappa shape index (κ3) is 4.24. The van der Waals surface area contributed by atoms with E-state index >= 15 is 0 Å². The summed E-state index contributed by atoms with van der Waals surface area (Å²) in [6.45, 7) is 2.71. The van der Waals surface area contributed by atoms with Crippen molar-refractivity contribution in [2.24, 2.45) is 0 Å². The summed E-state index contributed by atoms with van der Waals surface area (Å²) in [7, 11) is -4.51. The lowest BCUT2D eigenvalue weighted by Gasteiger charge is -2.28. The summed E-state index contributed by atoms with van der Waals surface area (Å²) in [4.78, 5) is 47.2. The van der Waals surface area contributed by atoms with Gasteiger partial charge in [0.25, 0.3) is 0 Å². The van der Waals surface area contributed by atoms with Gasteiger partial charge in [-0.2, -0.15) is 13.2 Å². The fraction of sp³-hybridized carbons (Fsp3) is 0.429. The largest absolute Gasteiger partial charge is 0.416 e. The molecule has 0 radical (unpaired) electrons. The first kappa shape index (κ1) is 20.4. The van der Waals surface area contributed by atoms with Gasteiger partial charge in [0.2, 0.25) is 0 Å². The van der Waals surface area contributed by atoms with Crippen molar-refractivity contribution < 1.29 is 27.5 Å². The molecule has 2 rings (SSSR count). The van der Waals surface area contributed by atoms with Gasteiger partial charge in [-0.05, 0) is 31.2 Å². The second kappa shape index (κ2) is 6.99. The van der Waals surface area contributed by atoms with Crippen molar-refractivity contribution in [3.8, 4) is 0 Å². The summed E-state index contributed by atoms with van der Waals surface area (Å²) >= 11 is 0. The summed E-state index contributed by atoms with van der Waals surface area (Å²) < 4.78 is 50.9. The molecule has 4 N–H and O–H groups in total. The molecule has 12 heteroatoms. The summed E-state index contributed by atoms with van der Waals surface area (Å²) in [5.41, 5.74) is -3.46. The molecule has 0 amide bonds. The molecule has 0 unspecified atom stereocenters. The molecule has 1 atom stereocenters. The Balaban J connectivity index is 2.67. The highest BCUT2D eigenvalue weighted by molar-refractivity contribution is 7.52. The van der Waals surface area contributed by atoms with E-state index in [4.69, 9.17) is 0 Å². The molecule has 0 fully saturated rings. The lowest BCUT2D eigenvalue weighted by Crippen LogP contribution is -2.33. The van der Waals surface area contributed by atoms with Gasteiger partial charge in [0.05, 0.1) is 16.6 Å². The summed E-state index contributed by atoms with van der Waals surface area (Å²) in [6.07, 6.45) is -4.71. The van der Waals surface area contributed by atoms with Crippen LogP contribution in [-0.4, -0.2) is 37.0 Å². The summed E-state index contributed by atoms with van der Waals surface area (Å²) in [5.74, 6) is -1.24. The van der Waals surface area contributed by atoms with Gasteiger partial charge in [0, 0.05) is 6.54 Å². The molecule has 1 aromatic heterocycles. The van der Waals surface area contributed by atoms with Crippen LogP contribution in [-0.2, 0) is 17.3 Å². The quantitative estimate of drug-likeness (QED) is 0.450. The van der Waals surface area contributed by atoms with Gasteiger partial charge in [-0.3, -0.25) is 19.1 Å². The highest BCUT2D eigenvalue weighted by Crippen LogP contribution is 2.43. The SMILES string of the molecule is CCN(Cc1cc(C(F)(F)F)cc2[nH]c(=O)c(=O)[nH]c12)[C@H](C)P(=O)(O)O. The Morgan fingerprint density at radius 1 is 1.19 bits per heavy atom. The number of alkyl halides is 3. The molecule has 1 heterocycles. The van der Waals surface area contributed by atoms with Crippen molar-refractivity contribution in [1.29, 1.82) is 0 Å². The van der Waals surface area contributed by atoms with Gasteiger partial charge in [0.1, 0.15) is 5.78 Å². The molecule has 0 bridgehead atoms. The van der Waals surface area contributed by atoms with Gasteiger partial charge < -0.3 is 19.8 Å². The lowest BCUT2D eigenvalue weighted by atomic mass is 10.1. The van der Waals surface area contributed by atoms with E-state index in [1.165, 1.54) is 11.8 Å². The topological polar surface area (TPSA) is 126 Å². The zero-order valence-corrected chi connectivity index (χ0v) is 14.7. The van der Waals surface area contributed by atoms with Crippen LogP contribution in [0.25, 0.3) is 11.0 Å². The van der Waals surface area contributed by atoms with Crippen molar-refractivity contribution in [3.05, 3.63) is 44.0 Å². The molecule has 1 aromatic carbocycles. The number of nitrogens with one attached hydrogen (secondary N) is 2. The molecule has 0 aliphatic heterocycles. The van der Waals surface area contributed by atoms with Gasteiger partial charge in [-0.25, -0.2) is 0 Å². The van der Waals surface area contributed by atoms with E-state index in [9.17, 15) is 37.1 Å². The second-order valence-corrected chi connectivity index (χ2v) is 7.67. The van der Waals surface area contributed by atoms with E-state index in [0.29, 0.717) is 6.07 Å². The third-order valence-electron chi connectivity index (χ3n) is 4.04. The zero-order valence-electron chi connectivity index (χ0n) is 13.8. The van der Waals surface area contributed by atoms with Gasteiger partial charge in [0.15, 0.2) is 0 Å². The number of fused-ring (bicyclic) bond motifs is 1. The first-order chi connectivity index (χ1) is 11.8. The molecule has 144 valence electrons. The van der Waals surface area contributed by atoms with Crippen LogP contribution in [0.3, 0.4) is 0 Å². The van der Waals surface area contributed by atoms with Crippen LogP contribution in [0.15, 0.2) is 21.7 Å². The van der Waals surface area contributed by atoms with E-state index in [0.717, 1.165) is 6.07 Å². The maximum absolute atomic E-state index is 13.1. The summed E-state index contributed by atoms with van der Waals surface area (Å²) in [6, 6.07) is 1.48. The van der Waals surface area contributed by atoms with Crippen molar-refractivity contribution in [2.45, 2.75) is 32.4 Å². The number of H-pyrrole nitrogens is 2. The molecule has 8 nitrogen and oxygen atoms in total. The van der Waals surface area contributed by atoms with Gasteiger partial charge >= 0.3 is 24.9 Å². The number of benzene rings is 1. The Labute approximate surface area is 144 Å². The average molecular weight is 395 g/mol. The minimum Gasteiger partial charge on any atom is -0.323 e. The van der Waals surface area contributed by atoms with Crippen molar-refractivity contribution in [3.63, 3.8) is 0 Å². The van der Waals surface area contributed by atoms with Crippen molar-refractivity contribution in [2.75, 3.05) is 6.54 Å². The van der Waals surface area contributed by atoms with Gasteiger partial charge in [-0.1, -0.05) is 6.92 Å². The maximum atomic E-state index is 13.1. The van der Waals surface area contributed by atoms with E-state index < -0.39 is 36.2 Å². The summed E-state index contributed by atoms with van der Waals surface area (Å²) in [5, 5.41) is 0. The van der Waals surface area contributed by atoms with E-state index in [1.54, 1.807) is 6.92 Å². The molecule has 0 aliphatic carbocycles. The van der Waals surface area contributed by atoms with Crippen LogP contribution in [0.5, 0.6) is 0 Å². The fourth-order valence-electron chi connectivity index (χ4n) is 2.53. The number of hydrogen-bond acceptors (Lipinski definition) is 4. The predicted molar refractivity (Wildman–Crippen MR) is 87.8 cm³/mol. The Morgan fingerprint density at radius 2 is 1.77 bits per heavy atom. The van der Waals surface area contributed by atoms with Crippen LogP contribution in [0.4, 0.5) is 13.2 Å². The minimum absolute atomic E-state index is 0.0228. The molecule has 0 aliphatic rings. The normalized spacial score (nSPS) is 14.2. The molecular formula is C14H17F3N3O5P. The van der Waals surface area contributed by atoms with Crippen LogP contribution in [0.2, 0.25) is 0 Å². The number of aromatic nitrogens is 2. The van der Waals surface area contributed by atoms with Gasteiger partial charge in [-0.15, -0.1) is 0 Å². The monoisotopic (exact) mass is 395 g/mol. The Kier molecular flexibility index (Phi) is 5.48. The number of nitrogens with zero attached hydrogens (tertiary/aromatic N) is 1. The third-order valence-corrected chi connectivity index (χ3v) is 5.34. The molecule has 26 heavy (non-hydrogen) atoms. The Hall–Kier alpha value is -1.94. The van der Waals surface area contributed by atoms with Crippen molar-refractivity contribution >= 4 is 18.6 Å². The molecule has 0 spiro atoms. The first-order valence-electron chi connectivity index (χ1n) is 7.50. The highest BCUT2D eigenvalue weighted by atomic mass is 31.2. The van der Waals surface area contributed by atoms with Crippen molar-refractivity contribution in [1.82, 2.24) is 14.9 Å². The number of rotatable bonds is 5. The Morgan fingerprint density at radius 3 is 2.27 bits per heavy atom. The Bertz CT molecular complexity index is 978.